The van der Waals surface area contributed by atoms with Gasteiger partial charge >= 0.3 is 6.16 Å². The van der Waals surface area contributed by atoms with Gasteiger partial charge in [-0.3, -0.25) is 20.2 Å². The van der Waals surface area contributed by atoms with Crippen molar-refractivity contribution in [3.8, 4) is 5.75 Å². The van der Waals surface area contributed by atoms with E-state index in [0.29, 0.717) is 31.0 Å². The number of pyridine rings is 1. The first-order chi connectivity index (χ1) is 15.5. The van der Waals surface area contributed by atoms with E-state index >= 15 is 0 Å². The second-order valence-corrected chi connectivity index (χ2v) is 7.53. The summed E-state index contributed by atoms with van der Waals surface area (Å²) in [7, 11) is 0. The van der Waals surface area contributed by atoms with Crippen LogP contribution in [0.3, 0.4) is 0 Å². The molecule has 1 heterocycles. The van der Waals surface area contributed by atoms with Gasteiger partial charge in [0, 0.05) is 24.5 Å². The molecule has 1 aliphatic carbocycles. The SMILES string of the molecule is Cc1c(CN(C=O)C2CC2)ccnc1CCCOC(=O)Oc1cccc(CON(O)O)c1. The maximum atomic E-state index is 11.9. The van der Waals surface area contributed by atoms with Gasteiger partial charge < -0.3 is 14.4 Å². The van der Waals surface area contributed by atoms with Gasteiger partial charge in [0.1, 0.15) is 5.75 Å². The van der Waals surface area contributed by atoms with Crippen LogP contribution in [0.1, 0.15) is 41.6 Å². The van der Waals surface area contributed by atoms with Gasteiger partial charge in [0.15, 0.2) is 0 Å². The highest BCUT2D eigenvalue weighted by Gasteiger charge is 2.28. The lowest BCUT2D eigenvalue weighted by molar-refractivity contribution is -0.497. The van der Waals surface area contributed by atoms with E-state index in [0.717, 1.165) is 36.1 Å². The smallest absolute Gasteiger partial charge is 0.434 e. The number of hydrogen-bond acceptors (Lipinski definition) is 9. The summed E-state index contributed by atoms with van der Waals surface area (Å²) in [5.74, 6) is 0.249. The number of rotatable bonds is 12. The van der Waals surface area contributed by atoms with Crippen molar-refractivity contribution in [3.63, 3.8) is 0 Å². The molecule has 10 heteroatoms. The Morgan fingerprint density at radius 3 is 2.81 bits per heavy atom. The molecule has 2 aromatic rings. The standard InChI is InChI=1S/C22H27N3O7/c1-16-18(13-24(15-26)19-7-8-19)9-10-23-21(16)6-3-11-30-22(27)32-20-5-2-4-17(12-20)14-31-25(28)29/h2,4-5,9-10,12,15,19,28-29H,3,6-8,11,13-14H2,1H3. The van der Waals surface area contributed by atoms with E-state index in [1.807, 2.05) is 17.9 Å². The molecular formula is C22H27N3O7. The first-order valence-corrected chi connectivity index (χ1v) is 10.3. The van der Waals surface area contributed by atoms with Gasteiger partial charge in [-0.25, -0.2) is 9.63 Å². The monoisotopic (exact) mass is 445 g/mol. The Hall–Kier alpha value is -3.05. The molecule has 0 spiro atoms. The Bertz CT molecular complexity index is 918. The van der Waals surface area contributed by atoms with E-state index in [4.69, 9.17) is 19.9 Å². The molecule has 0 unspecified atom stereocenters. The molecular weight excluding hydrogens is 418 g/mol. The summed E-state index contributed by atoms with van der Waals surface area (Å²) in [5.41, 5.74) is 3.60. The van der Waals surface area contributed by atoms with E-state index in [9.17, 15) is 9.59 Å². The quantitative estimate of drug-likeness (QED) is 0.167. The molecule has 1 fully saturated rings. The van der Waals surface area contributed by atoms with Crippen molar-refractivity contribution >= 4 is 12.6 Å². The minimum Gasteiger partial charge on any atom is -0.434 e. The van der Waals surface area contributed by atoms with Gasteiger partial charge in [0.25, 0.3) is 0 Å². The highest BCUT2D eigenvalue weighted by Crippen LogP contribution is 2.27. The third kappa shape index (κ3) is 7.27. The van der Waals surface area contributed by atoms with Gasteiger partial charge in [-0.15, -0.1) is 0 Å². The Morgan fingerprint density at radius 2 is 2.09 bits per heavy atom. The fourth-order valence-electron chi connectivity index (χ4n) is 3.25. The van der Waals surface area contributed by atoms with Crippen molar-refractivity contribution in [1.29, 1.82) is 0 Å². The molecule has 1 aliphatic rings. The van der Waals surface area contributed by atoms with Gasteiger partial charge in [-0.2, -0.15) is 0 Å². The van der Waals surface area contributed by atoms with Crippen LogP contribution in [0.15, 0.2) is 36.5 Å². The van der Waals surface area contributed by atoms with Crippen LogP contribution in [-0.2, 0) is 33.9 Å². The van der Waals surface area contributed by atoms with Crippen LogP contribution in [0, 0.1) is 6.92 Å². The first-order valence-electron chi connectivity index (χ1n) is 10.3. The van der Waals surface area contributed by atoms with E-state index in [1.165, 1.54) is 6.07 Å². The average molecular weight is 445 g/mol. The molecule has 0 radical (unpaired) electrons. The maximum Gasteiger partial charge on any atom is 0.513 e. The fourth-order valence-corrected chi connectivity index (χ4v) is 3.25. The number of hydrogen-bond donors (Lipinski definition) is 2. The number of carbonyl (C=O) groups is 2. The summed E-state index contributed by atoms with van der Waals surface area (Å²) in [4.78, 5) is 34.0. The van der Waals surface area contributed by atoms with E-state index in [2.05, 4.69) is 9.82 Å². The fraction of sp³-hybridized carbons (Fsp3) is 0.409. The minimum absolute atomic E-state index is 0.115. The average Bonchev–Trinajstić information content (AvgIpc) is 3.61. The van der Waals surface area contributed by atoms with Crippen molar-refractivity contribution in [2.75, 3.05) is 6.61 Å². The number of aromatic nitrogens is 1. The number of nitrogens with zero attached hydrogens (tertiary/aromatic N) is 3. The van der Waals surface area contributed by atoms with Crippen molar-refractivity contribution in [2.45, 2.75) is 51.8 Å². The molecule has 10 nitrogen and oxygen atoms in total. The van der Waals surface area contributed by atoms with Crippen LogP contribution in [0.25, 0.3) is 0 Å². The Kier molecular flexibility index (Phi) is 8.51. The third-order valence-electron chi connectivity index (χ3n) is 5.15. The highest BCUT2D eigenvalue weighted by atomic mass is 17.1. The predicted octanol–water partition coefficient (Wildman–Crippen LogP) is 3.17. The Labute approximate surface area is 185 Å². The molecule has 1 aromatic heterocycles. The van der Waals surface area contributed by atoms with E-state index in [-0.39, 0.29) is 24.4 Å². The number of ether oxygens (including phenoxy) is 2. The molecule has 0 atom stereocenters. The van der Waals surface area contributed by atoms with Crippen LogP contribution < -0.4 is 4.74 Å². The zero-order valence-electron chi connectivity index (χ0n) is 17.8. The molecule has 1 aromatic carbocycles. The topological polar surface area (TPSA) is 122 Å². The van der Waals surface area contributed by atoms with Crippen LogP contribution in [-0.4, -0.2) is 50.9 Å². The van der Waals surface area contributed by atoms with Gasteiger partial charge in [0.2, 0.25) is 6.41 Å². The van der Waals surface area contributed by atoms with Gasteiger partial charge in [-0.1, -0.05) is 12.1 Å². The normalized spacial score (nSPS) is 13.1. The first kappa shape index (κ1) is 23.6. The molecule has 2 N–H and O–H groups in total. The summed E-state index contributed by atoms with van der Waals surface area (Å²) in [6.07, 6.45) is 5.14. The second-order valence-electron chi connectivity index (χ2n) is 7.53. The largest absolute Gasteiger partial charge is 0.513 e. The second kappa shape index (κ2) is 11.5. The summed E-state index contributed by atoms with van der Waals surface area (Å²) in [6, 6.07) is 8.69. The molecule has 1 amide bonds. The Balaban J connectivity index is 1.43. The molecule has 0 aliphatic heterocycles. The van der Waals surface area contributed by atoms with Crippen molar-refractivity contribution < 1.29 is 34.3 Å². The van der Waals surface area contributed by atoms with Crippen molar-refractivity contribution in [2.24, 2.45) is 0 Å². The molecule has 3 rings (SSSR count). The van der Waals surface area contributed by atoms with E-state index in [1.54, 1.807) is 24.4 Å². The zero-order valence-corrected chi connectivity index (χ0v) is 17.8. The number of amides is 1. The van der Waals surface area contributed by atoms with Gasteiger partial charge in [-0.05, 0) is 67.5 Å². The summed E-state index contributed by atoms with van der Waals surface area (Å²) in [5, 5.41) is 16.8. The van der Waals surface area contributed by atoms with Crippen LogP contribution >= 0.6 is 0 Å². The van der Waals surface area contributed by atoms with Crippen molar-refractivity contribution in [3.05, 3.63) is 58.9 Å². The summed E-state index contributed by atoms with van der Waals surface area (Å²) < 4.78 is 10.3. The lowest BCUT2D eigenvalue weighted by atomic mass is 10.0. The number of carbonyl (C=O) groups excluding carboxylic acids is 2. The van der Waals surface area contributed by atoms with Gasteiger partial charge in [0.05, 0.1) is 18.6 Å². The Morgan fingerprint density at radius 1 is 1.28 bits per heavy atom. The lowest BCUT2D eigenvalue weighted by Gasteiger charge is -2.19. The summed E-state index contributed by atoms with van der Waals surface area (Å²) in [6.45, 7) is 2.62. The van der Waals surface area contributed by atoms with Crippen LogP contribution in [0.5, 0.6) is 5.75 Å². The predicted molar refractivity (Wildman–Crippen MR) is 111 cm³/mol. The van der Waals surface area contributed by atoms with Crippen LogP contribution in [0.2, 0.25) is 0 Å². The third-order valence-corrected chi connectivity index (χ3v) is 5.15. The lowest BCUT2D eigenvalue weighted by Crippen LogP contribution is -2.24. The van der Waals surface area contributed by atoms with E-state index < -0.39 is 6.16 Å². The van der Waals surface area contributed by atoms with Crippen molar-refractivity contribution in [1.82, 2.24) is 15.3 Å². The zero-order chi connectivity index (χ0) is 22.9. The minimum atomic E-state index is -0.835. The highest BCUT2D eigenvalue weighted by molar-refractivity contribution is 5.63. The molecule has 32 heavy (non-hydrogen) atoms. The number of benzene rings is 1. The van der Waals surface area contributed by atoms with Crippen LogP contribution in [0.4, 0.5) is 4.79 Å². The molecule has 0 bridgehead atoms. The molecule has 0 saturated heterocycles. The molecule has 172 valence electrons. The summed E-state index contributed by atoms with van der Waals surface area (Å²) >= 11 is 0. The number of aryl methyl sites for hydroxylation is 1. The molecule has 1 saturated carbocycles. The maximum absolute atomic E-state index is 11.9.